The van der Waals surface area contributed by atoms with E-state index < -0.39 is 0 Å². The van der Waals surface area contributed by atoms with Gasteiger partial charge in [0.25, 0.3) is 0 Å². The van der Waals surface area contributed by atoms with Crippen LogP contribution in [-0.4, -0.2) is 36.2 Å². The number of nitrogens with one attached hydrogen (secondary N) is 1. The van der Waals surface area contributed by atoms with Crippen LogP contribution in [0.5, 0.6) is 0 Å². The van der Waals surface area contributed by atoms with E-state index in [1.54, 1.807) is 6.20 Å². The molecule has 1 saturated heterocycles. The van der Waals surface area contributed by atoms with Crippen LogP contribution in [0.3, 0.4) is 0 Å². The number of hydrogen-bond acceptors (Lipinski definition) is 4. The van der Waals surface area contributed by atoms with Crippen LogP contribution in [0.25, 0.3) is 0 Å². The minimum Gasteiger partial charge on any atom is -0.360 e. The maximum atomic E-state index is 5.20. The molecule has 1 saturated carbocycles. The number of aromatic nitrogens is 1. The van der Waals surface area contributed by atoms with Gasteiger partial charge in [0.15, 0.2) is 5.76 Å². The normalized spacial score (nSPS) is 21.8. The average molecular weight is 336 g/mol. The number of piperidine rings is 1. The van der Waals surface area contributed by atoms with Gasteiger partial charge in [-0.1, -0.05) is 5.16 Å². The standard InChI is InChI=1S/C15H25N3O.2ClH/c1-18(12-14-4-9-17-19-14)13-2-5-15(6-3-13)7-10-16-11-8-15;;/h4,9,13,16H,2-3,5-8,10-12H2,1H3;2*1H. The fraction of sp³-hybridized carbons (Fsp3) is 0.800. The zero-order chi connectivity index (χ0) is 13.1. The molecule has 1 aliphatic carbocycles. The van der Waals surface area contributed by atoms with Crippen LogP contribution >= 0.6 is 24.8 Å². The minimum atomic E-state index is 0. The molecule has 4 nitrogen and oxygen atoms in total. The van der Waals surface area contributed by atoms with E-state index in [1.165, 1.54) is 51.6 Å². The van der Waals surface area contributed by atoms with Crippen LogP contribution in [0.15, 0.2) is 16.8 Å². The first-order valence-electron chi connectivity index (χ1n) is 7.58. The minimum absolute atomic E-state index is 0. The van der Waals surface area contributed by atoms with Gasteiger partial charge in [-0.25, -0.2) is 0 Å². The van der Waals surface area contributed by atoms with Crippen molar-refractivity contribution >= 4 is 24.8 Å². The van der Waals surface area contributed by atoms with E-state index in [1.807, 2.05) is 6.07 Å². The molecule has 1 aromatic rings. The molecule has 0 amide bonds. The van der Waals surface area contributed by atoms with Gasteiger partial charge >= 0.3 is 0 Å². The summed E-state index contributed by atoms with van der Waals surface area (Å²) in [4.78, 5) is 2.44. The number of rotatable bonds is 3. The second-order valence-corrected chi connectivity index (χ2v) is 6.38. The summed E-state index contributed by atoms with van der Waals surface area (Å²) in [6.45, 7) is 3.33. The molecular formula is C15H27Cl2N3O. The fourth-order valence-corrected chi connectivity index (χ4v) is 3.81. The van der Waals surface area contributed by atoms with Crippen molar-refractivity contribution in [2.24, 2.45) is 5.41 Å². The summed E-state index contributed by atoms with van der Waals surface area (Å²) < 4.78 is 5.20. The van der Waals surface area contributed by atoms with E-state index in [2.05, 4.69) is 22.4 Å². The molecule has 0 aromatic carbocycles. The second kappa shape index (κ2) is 8.37. The third-order valence-corrected chi connectivity index (χ3v) is 5.20. The van der Waals surface area contributed by atoms with Crippen molar-refractivity contribution in [3.05, 3.63) is 18.0 Å². The van der Waals surface area contributed by atoms with Gasteiger partial charge in [0, 0.05) is 12.1 Å². The Labute approximate surface area is 139 Å². The van der Waals surface area contributed by atoms with Crippen molar-refractivity contribution in [2.75, 3.05) is 20.1 Å². The predicted octanol–water partition coefficient (Wildman–Crippen LogP) is 3.26. The highest BCUT2D eigenvalue weighted by Crippen LogP contribution is 2.44. The van der Waals surface area contributed by atoms with Crippen LogP contribution in [0, 0.1) is 5.41 Å². The molecule has 0 bridgehead atoms. The Morgan fingerprint density at radius 1 is 1.24 bits per heavy atom. The van der Waals surface area contributed by atoms with E-state index >= 15 is 0 Å². The first-order valence-corrected chi connectivity index (χ1v) is 7.58. The number of nitrogens with zero attached hydrogens (tertiary/aromatic N) is 2. The molecule has 1 N–H and O–H groups in total. The first kappa shape index (κ1) is 18.8. The summed E-state index contributed by atoms with van der Waals surface area (Å²) >= 11 is 0. The zero-order valence-corrected chi connectivity index (χ0v) is 14.3. The summed E-state index contributed by atoms with van der Waals surface area (Å²) in [5, 5.41) is 7.27. The molecule has 1 aromatic heterocycles. The maximum Gasteiger partial charge on any atom is 0.150 e. The molecule has 0 unspecified atom stereocenters. The topological polar surface area (TPSA) is 41.3 Å². The lowest BCUT2D eigenvalue weighted by Crippen LogP contribution is -2.43. The Balaban J connectivity index is 0.00000110. The molecular weight excluding hydrogens is 309 g/mol. The molecule has 0 atom stereocenters. The van der Waals surface area contributed by atoms with Gasteiger partial charge in [0.2, 0.25) is 0 Å². The van der Waals surface area contributed by atoms with Crippen molar-refractivity contribution in [1.29, 1.82) is 0 Å². The van der Waals surface area contributed by atoms with E-state index in [9.17, 15) is 0 Å². The first-order chi connectivity index (χ1) is 9.27. The Morgan fingerprint density at radius 2 is 1.90 bits per heavy atom. The Kier molecular flexibility index (Phi) is 7.48. The third-order valence-electron chi connectivity index (χ3n) is 5.20. The molecule has 1 aliphatic heterocycles. The quantitative estimate of drug-likeness (QED) is 0.920. The van der Waals surface area contributed by atoms with Crippen molar-refractivity contribution < 1.29 is 4.52 Å². The lowest BCUT2D eigenvalue weighted by Gasteiger charge is -2.45. The largest absolute Gasteiger partial charge is 0.360 e. The molecule has 21 heavy (non-hydrogen) atoms. The van der Waals surface area contributed by atoms with Crippen LogP contribution < -0.4 is 5.32 Å². The Hall–Kier alpha value is -0.290. The van der Waals surface area contributed by atoms with E-state index in [0.717, 1.165) is 12.3 Å². The predicted molar refractivity (Wildman–Crippen MR) is 89.3 cm³/mol. The van der Waals surface area contributed by atoms with Crippen molar-refractivity contribution in [3.8, 4) is 0 Å². The molecule has 6 heteroatoms. The van der Waals surface area contributed by atoms with Crippen LogP contribution in [0.1, 0.15) is 44.3 Å². The van der Waals surface area contributed by atoms with Gasteiger partial charge in [-0.2, -0.15) is 0 Å². The maximum absolute atomic E-state index is 5.20. The van der Waals surface area contributed by atoms with Crippen molar-refractivity contribution in [3.63, 3.8) is 0 Å². The fourth-order valence-electron chi connectivity index (χ4n) is 3.81. The number of hydrogen-bond donors (Lipinski definition) is 1. The SMILES string of the molecule is CN(Cc1ccno1)C1CCC2(CCNCC2)CC1.Cl.Cl. The van der Waals surface area contributed by atoms with Crippen LogP contribution in [0.2, 0.25) is 0 Å². The smallest absolute Gasteiger partial charge is 0.150 e. The Bertz CT molecular complexity index is 384. The van der Waals surface area contributed by atoms with Gasteiger partial charge in [-0.05, 0) is 64.1 Å². The Morgan fingerprint density at radius 3 is 2.48 bits per heavy atom. The summed E-state index contributed by atoms with van der Waals surface area (Å²) in [5.74, 6) is 0.977. The summed E-state index contributed by atoms with van der Waals surface area (Å²) in [5.41, 5.74) is 0.662. The molecule has 3 rings (SSSR count). The van der Waals surface area contributed by atoms with Gasteiger partial charge in [0.1, 0.15) is 0 Å². The van der Waals surface area contributed by atoms with Gasteiger partial charge in [-0.15, -0.1) is 24.8 Å². The molecule has 2 heterocycles. The van der Waals surface area contributed by atoms with Crippen LogP contribution in [0.4, 0.5) is 0 Å². The molecule has 2 fully saturated rings. The lowest BCUT2D eigenvalue weighted by atomic mass is 9.67. The lowest BCUT2D eigenvalue weighted by molar-refractivity contribution is 0.0704. The van der Waals surface area contributed by atoms with E-state index in [-0.39, 0.29) is 24.8 Å². The number of halogens is 2. The zero-order valence-electron chi connectivity index (χ0n) is 12.7. The highest BCUT2D eigenvalue weighted by Gasteiger charge is 2.37. The van der Waals surface area contributed by atoms with Gasteiger partial charge in [0.05, 0.1) is 12.7 Å². The second-order valence-electron chi connectivity index (χ2n) is 6.38. The summed E-state index contributed by atoms with van der Waals surface area (Å²) in [6, 6.07) is 2.68. The summed E-state index contributed by atoms with van der Waals surface area (Å²) in [7, 11) is 2.22. The van der Waals surface area contributed by atoms with Crippen molar-refractivity contribution in [2.45, 2.75) is 51.1 Å². The van der Waals surface area contributed by atoms with Gasteiger partial charge < -0.3 is 9.84 Å². The van der Waals surface area contributed by atoms with Gasteiger partial charge in [-0.3, -0.25) is 4.90 Å². The highest BCUT2D eigenvalue weighted by molar-refractivity contribution is 5.85. The van der Waals surface area contributed by atoms with Crippen LogP contribution in [-0.2, 0) is 6.54 Å². The average Bonchev–Trinajstić information content (AvgIpc) is 2.93. The monoisotopic (exact) mass is 335 g/mol. The summed E-state index contributed by atoms with van der Waals surface area (Å²) in [6.07, 6.45) is 9.97. The van der Waals surface area contributed by atoms with E-state index in [0.29, 0.717) is 11.5 Å². The third kappa shape index (κ3) is 4.59. The molecule has 2 aliphatic rings. The molecule has 1 spiro atoms. The molecule has 122 valence electrons. The highest BCUT2D eigenvalue weighted by atomic mass is 35.5. The van der Waals surface area contributed by atoms with Crippen molar-refractivity contribution in [1.82, 2.24) is 15.4 Å². The van der Waals surface area contributed by atoms with E-state index in [4.69, 9.17) is 4.52 Å². The molecule has 0 radical (unpaired) electrons.